The molecule has 7 nitrogen and oxygen atoms in total. The van der Waals surface area contributed by atoms with Crippen LogP contribution in [0.4, 0.5) is 5.69 Å². The molecule has 0 saturated heterocycles. The predicted molar refractivity (Wildman–Crippen MR) is 89.7 cm³/mol. The molecule has 0 heterocycles. The lowest BCUT2D eigenvalue weighted by molar-refractivity contribution is -0.384. The summed E-state index contributed by atoms with van der Waals surface area (Å²) in [4.78, 5) is 33.9. The zero-order valence-electron chi connectivity index (χ0n) is 12.6. The van der Waals surface area contributed by atoms with Crippen molar-refractivity contribution in [2.45, 2.75) is 6.54 Å². The number of non-ortho nitro benzene ring substituents is 1. The number of nitrogens with one attached hydrogen (secondary N) is 1. The summed E-state index contributed by atoms with van der Waals surface area (Å²) < 4.78 is 5.07. The van der Waals surface area contributed by atoms with Gasteiger partial charge < -0.3 is 10.1 Å². The van der Waals surface area contributed by atoms with E-state index in [0.29, 0.717) is 21.2 Å². The molecule has 2 rings (SSSR count). The fourth-order valence-electron chi connectivity index (χ4n) is 2.00. The number of carbonyl (C=O) groups is 2. The molecule has 0 spiro atoms. The van der Waals surface area contributed by atoms with Gasteiger partial charge in [-0.25, -0.2) is 4.79 Å². The van der Waals surface area contributed by atoms with Gasteiger partial charge in [0.25, 0.3) is 11.6 Å². The van der Waals surface area contributed by atoms with Crippen LogP contribution in [0.5, 0.6) is 0 Å². The number of esters is 1. The molecule has 0 atom stereocenters. The lowest BCUT2D eigenvalue weighted by Crippen LogP contribution is -2.23. The van der Waals surface area contributed by atoms with Crippen LogP contribution >= 0.6 is 15.9 Å². The van der Waals surface area contributed by atoms with Crippen molar-refractivity contribution < 1.29 is 19.2 Å². The molecule has 0 radical (unpaired) electrons. The molecule has 0 bridgehead atoms. The Morgan fingerprint density at radius 1 is 1.25 bits per heavy atom. The van der Waals surface area contributed by atoms with Gasteiger partial charge in [-0.3, -0.25) is 14.9 Å². The zero-order valence-corrected chi connectivity index (χ0v) is 14.2. The summed E-state index contributed by atoms with van der Waals surface area (Å²) in [5.41, 5.74) is 1.24. The topological polar surface area (TPSA) is 98.5 Å². The quantitative estimate of drug-likeness (QED) is 0.478. The van der Waals surface area contributed by atoms with Gasteiger partial charge in [-0.2, -0.15) is 0 Å². The van der Waals surface area contributed by atoms with E-state index in [0.717, 1.165) is 0 Å². The minimum Gasteiger partial charge on any atom is -0.465 e. The largest absolute Gasteiger partial charge is 0.465 e. The van der Waals surface area contributed by atoms with Crippen molar-refractivity contribution in [2.24, 2.45) is 0 Å². The molecule has 8 heteroatoms. The van der Waals surface area contributed by atoms with Crippen molar-refractivity contribution in [1.82, 2.24) is 5.32 Å². The van der Waals surface area contributed by atoms with E-state index in [1.54, 1.807) is 12.1 Å². The first-order valence-electron chi connectivity index (χ1n) is 6.81. The van der Waals surface area contributed by atoms with Crippen molar-refractivity contribution in [2.75, 3.05) is 7.11 Å². The second-order valence-electron chi connectivity index (χ2n) is 4.80. The highest BCUT2D eigenvalue weighted by Crippen LogP contribution is 2.20. The number of carbonyl (C=O) groups excluding carboxylic acids is 2. The van der Waals surface area contributed by atoms with Crippen LogP contribution < -0.4 is 5.32 Å². The van der Waals surface area contributed by atoms with Gasteiger partial charge in [0.2, 0.25) is 0 Å². The van der Waals surface area contributed by atoms with Crippen LogP contribution in [0.2, 0.25) is 0 Å². The van der Waals surface area contributed by atoms with Crippen LogP contribution in [0, 0.1) is 10.1 Å². The van der Waals surface area contributed by atoms with E-state index in [4.69, 9.17) is 0 Å². The van der Waals surface area contributed by atoms with E-state index in [-0.39, 0.29) is 18.1 Å². The van der Waals surface area contributed by atoms with Crippen molar-refractivity contribution in [3.8, 4) is 0 Å². The molecule has 0 aliphatic carbocycles. The second-order valence-corrected chi connectivity index (χ2v) is 5.65. The van der Waals surface area contributed by atoms with Gasteiger partial charge in [0.15, 0.2) is 0 Å². The third kappa shape index (κ3) is 4.17. The minimum atomic E-state index is -0.509. The number of hydrogen-bond acceptors (Lipinski definition) is 5. The Hall–Kier alpha value is -2.74. The van der Waals surface area contributed by atoms with Crippen molar-refractivity contribution in [3.63, 3.8) is 0 Å². The highest BCUT2D eigenvalue weighted by molar-refractivity contribution is 9.10. The molecule has 0 fully saturated rings. The second kappa shape index (κ2) is 7.69. The molecule has 0 aliphatic heterocycles. The van der Waals surface area contributed by atoms with Gasteiger partial charge >= 0.3 is 5.97 Å². The molecule has 0 aliphatic rings. The summed E-state index contributed by atoms with van der Waals surface area (Å²) in [6, 6.07) is 10.5. The maximum Gasteiger partial charge on any atom is 0.339 e. The Bertz CT molecular complexity index is 807. The standard InChI is InChI=1S/C16H13BrN2O5/c1-24-16(21)13-6-5-11(8-14(13)17)15(20)18-9-10-3-2-4-12(7-10)19(22)23/h2-8H,9H2,1H3,(H,18,20). The lowest BCUT2D eigenvalue weighted by atomic mass is 10.1. The number of ether oxygens (including phenoxy) is 1. The molecule has 0 unspecified atom stereocenters. The van der Waals surface area contributed by atoms with Crippen molar-refractivity contribution in [3.05, 3.63) is 73.7 Å². The van der Waals surface area contributed by atoms with Crippen LogP contribution in [0.15, 0.2) is 46.9 Å². The van der Waals surface area contributed by atoms with E-state index >= 15 is 0 Å². The average Bonchev–Trinajstić information content (AvgIpc) is 2.59. The first-order valence-corrected chi connectivity index (χ1v) is 7.61. The number of hydrogen-bond donors (Lipinski definition) is 1. The highest BCUT2D eigenvalue weighted by Gasteiger charge is 2.14. The van der Waals surface area contributed by atoms with E-state index in [1.165, 1.54) is 37.4 Å². The van der Waals surface area contributed by atoms with E-state index in [2.05, 4.69) is 26.0 Å². The molecular weight excluding hydrogens is 380 g/mol. The summed E-state index contributed by atoms with van der Waals surface area (Å²) in [5, 5.41) is 13.4. The summed E-state index contributed by atoms with van der Waals surface area (Å²) in [6.45, 7) is 0.150. The molecule has 24 heavy (non-hydrogen) atoms. The number of nitro groups is 1. The number of methoxy groups -OCH3 is 1. The van der Waals surface area contributed by atoms with Gasteiger partial charge in [0, 0.05) is 28.7 Å². The molecule has 0 saturated carbocycles. The van der Waals surface area contributed by atoms with Crippen molar-refractivity contribution in [1.29, 1.82) is 0 Å². The number of rotatable bonds is 5. The summed E-state index contributed by atoms with van der Waals surface area (Å²) >= 11 is 3.22. The third-order valence-corrected chi connectivity index (χ3v) is 3.87. The van der Waals surface area contributed by atoms with E-state index in [1.807, 2.05) is 0 Å². The van der Waals surface area contributed by atoms with Crippen molar-refractivity contribution >= 4 is 33.5 Å². The minimum absolute atomic E-state index is 0.0353. The third-order valence-electron chi connectivity index (χ3n) is 3.21. The molecular formula is C16H13BrN2O5. The molecule has 1 N–H and O–H groups in total. The first kappa shape index (κ1) is 17.6. The van der Waals surface area contributed by atoms with E-state index < -0.39 is 10.9 Å². The van der Waals surface area contributed by atoms with Gasteiger partial charge in [-0.1, -0.05) is 12.1 Å². The summed E-state index contributed by atoms with van der Waals surface area (Å²) in [7, 11) is 1.27. The zero-order chi connectivity index (χ0) is 17.7. The fraction of sp³-hybridized carbons (Fsp3) is 0.125. The Morgan fingerprint density at radius 3 is 2.62 bits per heavy atom. The van der Waals surface area contributed by atoms with Gasteiger partial charge in [0.05, 0.1) is 17.6 Å². The Labute approximate surface area is 145 Å². The molecule has 0 aromatic heterocycles. The van der Waals surface area contributed by atoms with Gasteiger partial charge in [-0.15, -0.1) is 0 Å². The van der Waals surface area contributed by atoms with Gasteiger partial charge in [0.1, 0.15) is 0 Å². The average molecular weight is 393 g/mol. The van der Waals surface area contributed by atoms with Crippen LogP contribution in [0.3, 0.4) is 0 Å². The number of halogens is 1. The lowest BCUT2D eigenvalue weighted by Gasteiger charge is -2.08. The monoisotopic (exact) mass is 392 g/mol. The number of amides is 1. The maximum atomic E-state index is 12.2. The smallest absolute Gasteiger partial charge is 0.339 e. The van der Waals surface area contributed by atoms with E-state index in [9.17, 15) is 19.7 Å². The highest BCUT2D eigenvalue weighted by atomic mass is 79.9. The molecule has 1 amide bonds. The Balaban J connectivity index is 2.08. The summed E-state index contributed by atoms with van der Waals surface area (Å²) in [6.07, 6.45) is 0. The number of nitrogens with zero attached hydrogens (tertiary/aromatic N) is 1. The first-order chi connectivity index (χ1) is 11.4. The SMILES string of the molecule is COC(=O)c1ccc(C(=O)NCc2cccc([N+](=O)[O-])c2)cc1Br. The number of nitro benzene ring substituents is 1. The molecule has 2 aromatic rings. The Kier molecular flexibility index (Phi) is 5.64. The molecule has 2 aromatic carbocycles. The van der Waals surface area contributed by atoms with Crippen LogP contribution in [-0.4, -0.2) is 23.9 Å². The fourth-order valence-corrected chi connectivity index (χ4v) is 2.54. The molecule has 124 valence electrons. The Morgan fingerprint density at radius 2 is 2.00 bits per heavy atom. The predicted octanol–water partition coefficient (Wildman–Crippen LogP) is 3.07. The number of benzene rings is 2. The van der Waals surface area contributed by atoms with Crippen LogP contribution in [-0.2, 0) is 11.3 Å². The normalized spacial score (nSPS) is 10.1. The van der Waals surface area contributed by atoms with Crippen LogP contribution in [0.25, 0.3) is 0 Å². The summed E-state index contributed by atoms with van der Waals surface area (Å²) in [5.74, 6) is -0.871. The van der Waals surface area contributed by atoms with Crippen LogP contribution in [0.1, 0.15) is 26.3 Å². The van der Waals surface area contributed by atoms with Gasteiger partial charge in [-0.05, 0) is 39.7 Å². The maximum absolute atomic E-state index is 12.2.